The Labute approximate surface area is 179 Å². The third-order valence-electron chi connectivity index (χ3n) is 5.19. The summed E-state index contributed by atoms with van der Waals surface area (Å²) in [5.41, 5.74) is 4.26. The Morgan fingerprint density at radius 3 is 2.52 bits per heavy atom. The fourth-order valence-electron chi connectivity index (χ4n) is 3.63. The lowest BCUT2D eigenvalue weighted by Gasteiger charge is -2.27. The number of carbonyl (C=O) groups is 2. The molecule has 1 unspecified atom stereocenters. The molecule has 0 saturated heterocycles. The molecule has 29 heavy (non-hydrogen) atoms. The minimum atomic E-state index is -0.0805. The molecule has 2 amide bonds. The van der Waals surface area contributed by atoms with E-state index in [0.717, 1.165) is 18.5 Å². The maximum atomic E-state index is 12.5. The van der Waals surface area contributed by atoms with Crippen molar-refractivity contribution in [1.29, 1.82) is 0 Å². The summed E-state index contributed by atoms with van der Waals surface area (Å²) in [6, 6.07) is 16.0. The molecule has 5 nitrogen and oxygen atoms in total. The van der Waals surface area contributed by atoms with Crippen LogP contribution in [0.5, 0.6) is 0 Å². The highest BCUT2D eigenvalue weighted by molar-refractivity contribution is 5.94. The predicted molar refractivity (Wildman–Crippen MR) is 118 cm³/mol. The monoisotopic (exact) mass is 415 g/mol. The molecule has 1 aliphatic rings. The third-order valence-corrected chi connectivity index (χ3v) is 5.19. The molecule has 0 spiro atoms. The minimum absolute atomic E-state index is 0. The molecule has 2 N–H and O–H groups in total. The van der Waals surface area contributed by atoms with Crippen molar-refractivity contribution in [3.05, 3.63) is 70.8 Å². The average molecular weight is 416 g/mol. The van der Waals surface area contributed by atoms with Crippen molar-refractivity contribution in [2.24, 2.45) is 5.92 Å². The van der Waals surface area contributed by atoms with Crippen LogP contribution in [0.3, 0.4) is 0 Å². The Morgan fingerprint density at radius 1 is 1.14 bits per heavy atom. The zero-order valence-electron chi connectivity index (χ0n) is 17.3. The van der Waals surface area contributed by atoms with Crippen LogP contribution < -0.4 is 10.6 Å². The van der Waals surface area contributed by atoms with Gasteiger partial charge in [-0.05, 0) is 41.8 Å². The number of rotatable bonds is 6. The first-order chi connectivity index (χ1) is 13.5. The van der Waals surface area contributed by atoms with Crippen LogP contribution in [0.15, 0.2) is 48.5 Å². The first kappa shape index (κ1) is 22.9. The molecule has 6 heteroatoms. The number of nitrogens with zero attached hydrogens (tertiary/aromatic N) is 1. The van der Waals surface area contributed by atoms with Crippen LogP contribution in [0.2, 0.25) is 0 Å². The van der Waals surface area contributed by atoms with Gasteiger partial charge in [0.05, 0.1) is 0 Å². The van der Waals surface area contributed by atoms with Gasteiger partial charge in [0.2, 0.25) is 5.91 Å². The van der Waals surface area contributed by atoms with Crippen molar-refractivity contribution in [3.63, 3.8) is 0 Å². The number of nitrogens with one attached hydrogen (secondary N) is 2. The fraction of sp³-hybridized carbons (Fsp3) is 0.391. The van der Waals surface area contributed by atoms with Gasteiger partial charge in [0.1, 0.15) is 0 Å². The Bertz CT molecular complexity index is 836. The van der Waals surface area contributed by atoms with Gasteiger partial charge in [-0.25, -0.2) is 0 Å². The van der Waals surface area contributed by atoms with E-state index in [2.05, 4.69) is 28.8 Å². The molecule has 2 aromatic carbocycles. The lowest BCUT2D eigenvalue weighted by atomic mass is 9.94. The van der Waals surface area contributed by atoms with Crippen molar-refractivity contribution >= 4 is 24.2 Å². The predicted octanol–water partition coefficient (Wildman–Crippen LogP) is 3.34. The zero-order chi connectivity index (χ0) is 20.1. The lowest BCUT2D eigenvalue weighted by Crippen LogP contribution is -2.38. The van der Waals surface area contributed by atoms with E-state index in [1.807, 2.05) is 44.2 Å². The van der Waals surface area contributed by atoms with Crippen molar-refractivity contribution in [2.45, 2.75) is 32.9 Å². The van der Waals surface area contributed by atoms with Gasteiger partial charge in [-0.15, -0.1) is 12.4 Å². The summed E-state index contributed by atoms with van der Waals surface area (Å²) in [6.07, 6.45) is 1.02. The van der Waals surface area contributed by atoms with Crippen molar-refractivity contribution < 1.29 is 9.59 Å². The first-order valence-corrected chi connectivity index (χ1v) is 9.89. The molecule has 0 radical (unpaired) electrons. The van der Waals surface area contributed by atoms with Gasteiger partial charge < -0.3 is 15.5 Å². The summed E-state index contributed by atoms with van der Waals surface area (Å²) >= 11 is 0. The van der Waals surface area contributed by atoms with Crippen LogP contribution >= 0.6 is 12.4 Å². The number of benzene rings is 2. The maximum Gasteiger partial charge on any atom is 0.251 e. The summed E-state index contributed by atoms with van der Waals surface area (Å²) in [5.74, 6) is 0.0127. The summed E-state index contributed by atoms with van der Waals surface area (Å²) < 4.78 is 0. The van der Waals surface area contributed by atoms with Crippen LogP contribution in [-0.2, 0) is 17.8 Å². The molecule has 0 fully saturated rings. The standard InChI is InChI=1S/C23H29N3O2.ClH/c1-16(2)23(28)26(3)15-17-8-10-19(11-9-17)22(27)25-14-21-20-7-5-4-6-18(20)12-13-24-21;/h4-11,16,21,24H,12-15H2,1-3H3,(H,25,27);1H. The van der Waals surface area contributed by atoms with Crippen molar-refractivity contribution in [1.82, 2.24) is 15.5 Å². The van der Waals surface area contributed by atoms with Gasteiger partial charge in [-0.1, -0.05) is 50.2 Å². The molecule has 0 aromatic heterocycles. The zero-order valence-corrected chi connectivity index (χ0v) is 18.1. The van der Waals surface area contributed by atoms with E-state index in [1.54, 1.807) is 11.9 Å². The van der Waals surface area contributed by atoms with E-state index >= 15 is 0 Å². The molecule has 0 aliphatic carbocycles. The topological polar surface area (TPSA) is 61.4 Å². The van der Waals surface area contributed by atoms with E-state index in [-0.39, 0.29) is 36.2 Å². The number of halogens is 1. The van der Waals surface area contributed by atoms with E-state index < -0.39 is 0 Å². The van der Waals surface area contributed by atoms with Gasteiger partial charge in [-0.3, -0.25) is 9.59 Å². The number of fused-ring (bicyclic) bond motifs is 1. The lowest BCUT2D eigenvalue weighted by molar-refractivity contribution is -0.133. The SMILES string of the molecule is CC(C)C(=O)N(C)Cc1ccc(C(=O)NCC2NCCc3ccccc32)cc1.Cl. The van der Waals surface area contributed by atoms with E-state index in [9.17, 15) is 9.59 Å². The van der Waals surface area contributed by atoms with Gasteiger partial charge >= 0.3 is 0 Å². The Morgan fingerprint density at radius 2 is 1.83 bits per heavy atom. The molecular formula is C23H30ClN3O2. The highest BCUT2D eigenvalue weighted by atomic mass is 35.5. The Balaban J connectivity index is 0.00000300. The summed E-state index contributed by atoms with van der Waals surface area (Å²) in [6.45, 7) is 5.82. The number of hydrogen-bond donors (Lipinski definition) is 2. The average Bonchev–Trinajstić information content (AvgIpc) is 2.71. The van der Waals surface area contributed by atoms with Gasteiger partial charge in [0.25, 0.3) is 5.91 Å². The fourth-order valence-corrected chi connectivity index (χ4v) is 3.63. The second-order valence-corrected chi connectivity index (χ2v) is 7.71. The second-order valence-electron chi connectivity index (χ2n) is 7.71. The minimum Gasteiger partial charge on any atom is -0.350 e. The highest BCUT2D eigenvalue weighted by Gasteiger charge is 2.20. The van der Waals surface area contributed by atoms with E-state index in [0.29, 0.717) is 18.7 Å². The molecule has 2 aromatic rings. The van der Waals surface area contributed by atoms with Gasteiger partial charge in [0, 0.05) is 37.7 Å². The van der Waals surface area contributed by atoms with Crippen molar-refractivity contribution in [2.75, 3.05) is 20.1 Å². The number of hydrogen-bond acceptors (Lipinski definition) is 3. The van der Waals surface area contributed by atoms with Crippen molar-refractivity contribution in [3.8, 4) is 0 Å². The maximum absolute atomic E-state index is 12.5. The Kier molecular flexibility index (Phi) is 8.23. The third kappa shape index (κ3) is 5.81. The molecule has 3 rings (SSSR count). The van der Waals surface area contributed by atoms with Crippen LogP contribution in [0.25, 0.3) is 0 Å². The molecule has 1 atom stereocenters. The molecule has 156 valence electrons. The largest absolute Gasteiger partial charge is 0.350 e. The smallest absolute Gasteiger partial charge is 0.251 e. The summed E-state index contributed by atoms with van der Waals surface area (Å²) in [7, 11) is 1.80. The normalized spacial score (nSPS) is 15.2. The van der Waals surface area contributed by atoms with Crippen LogP contribution in [0.1, 0.15) is 46.9 Å². The second kappa shape index (κ2) is 10.4. The molecule has 1 aliphatic heterocycles. The molecule has 0 saturated carbocycles. The summed E-state index contributed by atoms with van der Waals surface area (Å²) in [5, 5.41) is 6.52. The van der Waals surface area contributed by atoms with Gasteiger partial charge in [0.15, 0.2) is 0 Å². The Hall–Kier alpha value is -2.37. The summed E-state index contributed by atoms with van der Waals surface area (Å²) in [4.78, 5) is 26.2. The van der Waals surface area contributed by atoms with Gasteiger partial charge in [-0.2, -0.15) is 0 Å². The van der Waals surface area contributed by atoms with E-state index in [4.69, 9.17) is 0 Å². The molecule has 0 bridgehead atoms. The van der Waals surface area contributed by atoms with Crippen LogP contribution in [0, 0.1) is 5.92 Å². The van der Waals surface area contributed by atoms with Crippen LogP contribution in [0.4, 0.5) is 0 Å². The molecular weight excluding hydrogens is 386 g/mol. The number of amides is 2. The number of carbonyl (C=O) groups excluding carboxylic acids is 2. The highest BCUT2D eigenvalue weighted by Crippen LogP contribution is 2.22. The molecule has 1 heterocycles. The first-order valence-electron chi connectivity index (χ1n) is 9.89. The van der Waals surface area contributed by atoms with Crippen LogP contribution in [-0.4, -0.2) is 36.9 Å². The quantitative estimate of drug-likeness (QED) is 0.760. The van der Waals surface area contributed by atoms with E-state index in [1.165, 1.54) is 11.1 Å².